The topological polar surface area (TPSA) is 64.3 Å². The number of fused-ring (bicyclic) bond motifs is 1. The number of aliphatic hydroxyl groups is 1. The Hall–Kier alpha value is -2.96. The molecule has 2 aromatic heterocycles. The third-order valence-corrected chi connectivity index (χ3v) is 5.66. The van der Waals surface area contributed by atoms with Crippen LogP contribution in [0.3, 0.4) is 0 Å². The van der Waals surface area contributed by atoms with E-state index in [-0.39, 0.29) is 18.7 Å². The van der Waals surface area contributed by atoms with Gasteiger partial charge in [-0.3, -0.25) is 4.79 Å². The number of hydrogen-bond acceptors (Lipinski definition) is 5. The summed E-state index contributed by atoms with van der Waals surface area (Å²) in [6, 6.07) is 17.3. The Balaban J connectivity index is 1.61. The molecule has 0 saturated carbocycles. The molecule has 148 valence electrons. The lowest BCUT2D eigenvalue weighted by molar-refractivity contribution is 0.0879. The van der Waals surface area contributed by atoms with E-state index in [0.29, 0.717) is 5.39 Å². The van der Waals surface area contributed by atoms with Crippen molar-refractivity contribution in [1.82, 2.24) is 9.78 Å². The van der Waals surface area contributed by atoms with Crippen LogP contribution in [-0.4, -0.2) is 27.6 Å². The maximum atomic E-state index is 12.9. The lowest BCUT2D eigenvalue weighted by atomic mass is 10.1. The molecule has 1 unspecified atom stereocenters. The summed E-state index contributed by atoms with van der Waals surface area (Å²) >= 11 is 1.57. The van der Waals surface area contributed by atoms with Crippen molar-refractivity contribution in [1.29, 1.82) is 0 Å². The van der Waals surface area contributed by atoms with Crippen molar-refractivity contribution in [2.75, 3.05) is 6.61 Å². The smallest absolute Gasteiger partial charge is 0.274 e. The fraction of sp³-hybridized carbons (Fsp3) is 0.217. The van der Waals surface area contributed by atoms with Crippen molar-refractivity contribution in [3.63, 3.8) is 0 Å². The van der Waals surface area contributed by atoms with Gasteiger partial charge >= 0.3 is 0 Å². The third kappa shape index (κ3) is 4.09. The van der Waals surface area contributed by atoms with Crippen LogP contribution in [0.5, 0.6) is 5.75 Å². The first kappa shape index (κ1) is 19.4. The molecule has 4 rings (SSSR count). The molecule has 1 N–H and O–H groups in total. The van der Waals surface area contributed by atoms with Gasteiger partial charge in [0.2, 0.25) is 0 Å². The van der Waals surface area contributed by atoms with E-state index < -0.39 is 6.10 Å². The highest BCUT2D eigenvalue weighted by atomic mass is 32.1. The first-order valence-corrected chi connectivity index (χ1v) is 10.3. The lowest BCUT2D eigenvalue weighted by Gasteiger charge is -2.16. The predicted molar refractivity (Wildman–Crippen MR) is 117 cm³/mol. The van der Waals surface area contributed by atoms with E-state index in [4.69, 9.17) is 4.74 Å². The van der Waals surface area contributed by atoms with Crippen molar-refractivity contribution in [3.05, 3.63) is 81.5 Å². The Morgan fingerprint density at radius 1 is 1.10 bits per heavy atom. The van der Waals surface area contributed by atoms with Gasteiger partial charge in [0.25, 0.3) is 5.56 Å². The normalized spacial score (nSPS) is 12.2. The zero-order valence-electron chi connectivity index (χ0n) is 16.3. The number of benzene rings is 2. The SMILES string of the molecule is Cc1ccc(C)c(OCC(O)Cn2nc(-c3cccs3)c3ccccc3c2=O)c1. The Morgan fingerprint density at radius 2 is 1.90 bits per heavy atom. The molecule has 0 bridgehead atoms. The summed E-state index contributed by atoms with van der Waals surface area (Å²) in [6.45, 7) is 4.10. The molecule has 6 heteroatoms. The molecule has 0 radical (unpaired) electrons. The van der Waals surface area contributed by atoms with Crippen LogP contribution in [0, 0.1) is 13.8 Å². The van der Waals surface area contributed by atoms with Gasteiger partial charge in [-0.15, -0.1) is 11.3 Å². The molecule has 5 nitrogen and oxygen atoms in total. The second-order valence-corrected chi connectivity index (χ2v) is 8.04. The van der Waals surface area contributed by atoms with Crippen LogP contribution in [0.1, 0.15) is 11.1 Å². The molecule has 0 fully saturated rings. The molecule has 0 spiro atoms. The quantitative estimate of drug-likeness (QED) is 0.522. The summed E-state index contributed by atoms with van der Waals surface area (Å²) in [5.41, 5.74) is 2.63. The maximum absolute atomic E-state index is 12.9. The van der Waals surface area contributed by atoms with Gasteiger partial charge in [-0.05, 0) is 48.6 Å². The van der Waals surface area contributed by atoms with Crippen LogP contribution in [-0.2, 0) is 6.54 Å². The lowest BCUT2D eigenvalue weighted by Crippen LogP contribution is -2.32. The maximum Gasteiger partial charge on any atom is 0.274 e. The molecule has 29 heavy (non-hydrogen) atoms. The minimum atomic E-state index is -0.863. The van der Waals surface area contributed by atoms with E-state index in [1.807, 2.05) is 67.8 Å². The number of nitrogens with zero attached hydrogens (tertiary/aromatic N) is 2. The molecule has 0 aliphatic heterocycles. The standard InChI is InChI=1S/C23H22N2O3S/c1-15-9-10-16(2)20(12-15)28-14-17(26)13-25-23(27)19-7-4-3-6-18(19)22(24-25)21-8-5-11-29-21/h3-12,17,26H,13-14H2,1-2H3. The Kier molecular flexibility index (Phi) is 5.47. The van der Waals surface area contributed by atoms with Gasteiger partial charge in [-0.1, -0.05) is 36.4 Å². The van der Waals surface area contributed by atoms with Gasteiger partial charge in [0.05, 0.1) is 16.8 Å². The molecule has 2 aromatic carbocycles. The van der Waals surface area contributed by atoms with E-state index in [1.54, 1.807) is 17.4 Å². The number of ether oxygens (including phenoxy) is 1. The van der Waals surface area contributed by atoms with Crippen molar-refractivity contribution >= 4 is 22.1 Å². The van der Waals surface area contributed by atoms with Crippen LogP contribution in [0.15, 0.2) is 64.8 Å². The fourth-order valence-corrected chi connectivity index (χ4v) is 3.98. The molecule has 4 aromatic rings. The van der Waals surface area contributed by atoms with Gasteiger partial charge < -0.3 is 9.84 Å². The van der Waals surface area contributed by atoms with Crippen molar-refractivity contribution in [2.24, 2.45) is 0 Å². The zero-order chi connectivity index (χ0) is 20.4. The molecule has 2 heterocycles. The highest BCUT2D eigenvalue weighted by Gasteiger charge is 2.16. The number of rotatable bonds is 6. The summed E-state index contributed by atoms with van der Waals surface area (Å²) in [4.78, 5) is 13.9. The largest absolute Gasteiger partial charge is 0.491 e. The monoisotopic (exact) mass is 406 g/mol. The molecule has 0 saturated heterocycles. The summed E-state index contributed by atoms with van der Waals surface area (Å²) in [5.74, 6) is 0.738. The summed E-state index contributed by atoms with van der Waals surface area (Å²) in [7, 11) is 0. The fourth-order valence-electron chi connectivity index (χ4n) is 3.26. The molecular formula is C23H22N2O3S. The highest BCUT2D eigenvalue weighted by Crippen LogP contribution is 2.28. The van der Waals surface area contributed by atoms with Gasteiger partial charge in [-0.25, -0.2) is 4.68 Å². The first-order chi connectivity index (χ1) is 14.0. The van der Waals surface area contributed by atoms with E-state index in [0.717, 1.165) is 32.8 Å². The molecule has 1 atom stereocenters. The van der Waals surface area contributed by atoms with Crippen LogP contribution in [0.25, 0.3) is 21.3 Å². The van der Waals surface area contributed by atoms with Crippen LogP contribution < -0.4 is 10.3 Å². The minimum absolute atomic E-state index is 0.0624. The average molecular weight is 407 g/mol. The van der Waals surface area contributed by atoms with E-state index in [9.17, 15) is 9.90 Å². The number of aryl methyl sites for hydroxylation is 2. The van der Waals surface area contributed by atoms with Gasteiger partial charge in [0.15, 0.2) is 0 Å². The Labute approximate surface area is 172 Å². The van der Waals surface area contributed by atoms with Crippen molar-refractivity contribution in [3.8, 4) is 16.3 Å². The van der Waals surface area contributed by atoms with Crippen LogP contribution in [0.2, 0.25) is 0 Å². The number of aliphatic hydroxyl groups excluding tert-OH is 1. The number of aromatic nitrogens is 2. The summed E-state index contributed by atoms with van der Waals surface area (Å²) in [6.07, 6.45) is -0.863. The zero-order valence-corrected chi connectivity index (χ0v) is 17.1. The van der Waals surface area contributed by atoms with Gasteiger partial charge in [-0.2, -0.15) is 5.10 Å². The van der Waals surface area contributed by atoms with Gasteiger partial charge in [0.1, 0.15) is 24.2 Å². The predicted octanol–water partition coefficient (Wildman–Crippen LogP) is 4.18. The summed E-state index contributed by atoms with van der Waals surface area (Å²) < 4.78 is 7.13. The second-order valence-electron chi connectivity index (χ2n) is 7.09. The average Bonchev–Trinajstić information content (AvgIpc) is 3.25. The van der Waals surface area contributed by atoms with Crippen LogP contribution in [0.4, 0.5) is 0 Å². The van der Waals surface area contributed by atoms with Gasteiger partial charge in [0, 0.05) is 5.39 Å². The number of hydrogen-bond donors (Lipinski definition) is 1. The molecular weight excluding hydrogens is 384 g/mol. The minimum Gasteiger partial charge on any atom is -0.491 e. The van der Waals surface area contributed by atoms with Crippen LogP contribution >= 0.6 is 11.3 Å². The van der Waals surface area contributed by atoms with Crippen molar-refractivity contribution in [2.45, 2.75) is 26.5 Å². The summed E-state index contributed by atoms with van der Waals surface area (Å²) in [5, 5.41) is 18.5. The molecule has 0 aliphatic rings. The highest BCUT2D eigenvalue weighted by molar-refractivity contribution is 7.13. The first-order valence-electron chi connectivity index (χ1n) is 9.45. The Bertz CT molecular complexity index is 1200. The van der Waals surface area contributed by atoms with E-state index in [2.05, 4.69) is 5.10 Å². The Morgan fingerprint density at radius 3 is 2.66 bits per heavy atom. The van der Waals surface area contributed by atoms with E-state index >= 15 is 0 Å². The molecule has 0 aliphatic carbocycles. The molecule has 0 amide bonds. The van der Waals surface area contributed by atoms with E-state index in [1.165, 1.54) is 4.68 Å². The third-order valence-electron chi connectivity index (χ3n) is 4.78. The second kappa shape index (κ2) is 8.19. The van der Waals surface area contributed by atoms with Crippen molar-refractivity contribution < 1.29 is 9.84 Å². The number of thiophene rings is 1.